The van der Waals surface area contributed by atoms with Gasteiger partial charge in [0.25, 0.3) is 11.6 Å². The van der Waals surface area contributed by atoms with Crippen LogP contribution in [0.15, 0.2) is 29.6 Å². The maximum atomic E-state index is 13.6. The minimum atomic E-state index is -5.00. The number of nitrogens with zero attached hydrogens (tertiary/aromatic N) is 3. The molecule has 0 aromatic carbocycles. The van der Waals surface area contributed by atoms with Crippen molar-refractivity contribution < 1.29 is 23.1 Å². The molecule has 1 aromatic rings. The maximum absolute atomic E-state index is 13.6. The lowest BCUT2D eigenvalue weighted by Gasteiger charge is -2.39. The number of rotatable bonds is 1. The average molecular weight is 327 g/mol. The number of aromatic nitrogens is 1. The molecule has 1 aromatic heterocycles. The van der Waals surface area contributed by atoms with Gasteiger partial charge in [-0.3, -0.25) is 9.78 Å². The molecule has 0 radical (unpaired) electrons. The van der Waals surface area contributed by atoms with Gasteiger partial charge in [0.2, 0.25) is 0 Å². The monoisotopic (exact) mass is 327 g/mol. The normalized spacial score (nSPS) is 30.8. The van der Waals surface area contributed by atoms with Crippen molar-refractivity contribution in [1.29, 1.82) is 0 Å². The minimum absolute atomic E-state index is 0.00155. The molecule has 3 rings (SSSR count). The van der Waals surface area contributed by atoms with Gasteiger partial charge in [-0.25, -0.2) is 0 Å². The second kappa shape index (κ2) is 5.30. The highest BCUT2D eigenvalue weighted by Crippen LogP contribution is 2.49. The second-order valence-corrected chi connectivity index (χ2v) is 5.99. The smallest absolute Gasteiger partial charge is 0.362 e. The van der Waals surface area contributed by atoms with E-state index < -0.39 is 23.7 Å². The highest BCUT2D eigenvalue weighted by atomic mass is 19.4. The summed E-state index contributed by atoms with van der Waals surface area (Å²) in [6.45, 7) is 1.77. The van der Waals surface area contributed by atoms with Crippen molar-refractivity contribution in [2.45, 2.75) is 38.1 Å². The Morgan fingerprint density at radius 3 is 2.61 bits per heavy atom. The number of hydrogen-bond acceptors (Lipinski definition) is 4. The Bertz CT molecular complexity index is 647. The number of hydrazone groups is 1. The van der Waals surface area contributed by atoms with Crippen molar-refractivity contribution >= 4 is 11.6 Å². The Balaban J connectivity index is 2.07. The molecule has 1 saturated carbocycles. The van der Waals surface area contributed by atoms with E-state index in [1.54, 1.807) is 6.92 Å². The zero-order valence-corrected chi connectivity index (χ0v) is 12.4. The zero-order valence-electron chi connectivity index (χ0n) is 12.4. The number of halogens is 3. The SMILES string of the molecule is C[C@@H]1CCC[C@H]2C1=NN(C(=O)c1ccncc1)[C@@]2(O)C(F)(F)F. The van der Waals surface area contributed by atoms with E-state index in [0.29, 0.717) is 12.8 Å². The summed E-state index contributed by atoms with van der Waals surface area (Å²) in [6.07, 6.45) is -0.986. The first-order chi connectivity index (χ1) is 10.8. The van der Waals surface area contributed by atoms with Crippen molar-refractivity contribution in [3.8, 4) is 0 Å². The number of carbonyl (C=O) groups excluding carboxylic acids is 1. The van der Waals surface area contributed by atoms with E-state index in [1.165, 1.54) is 24.5 Å². The van der Waals surface area contributed by atoms with Crippen LogP contribution in [0, 0.1) is 11.8 Å². The zero-order chi connectivity index (χ0) is 16.8. The molecular formula is C15H16F3N3O2. The van der Waals surface area contributed by atoms with Crippen LogP contribution in [0.1, 0.15) is 36.5 Å². The number of amides is 1. The molecule has 1 amide bonds. The number of pyridine rings is 1. The molecule has 3 atom stereocenters. The summed E-state index contributed by atoms with van der Waals surface area (Å²) in [7, 11) is 0. The van der Waals surface area contributed by atoms with Gasteiger partial charge in [0.05, 0.1) is 5.92 Å². The van der Waals surface area contributed by atoms with Crippen LogP contribution in [0.25, 0.3) is 0 Å². The molecular weight excluding hydrogens is 311 g/mol. The minimum Gasteiger partial charge on any atom is -0.362 e. The topological polar surface area (TPSA) is 65.8 Å². The van der Waals surface area contributed by atoms with Crippen LogP contribution >= 0.6 is 0 Å². The standard InChI is InChI=1S/C15H16F3N3O2/c1-9-3-2-4-11-12(9)20-21(14(11,23)15(16,17)18)13(22)10-5-7-19-8-6-10/h5-9,11,23H,2-4H2,1H3/t9-,11+,14+/m1/s1. The summed E-state index contributed by atoms with van der Waals surface area (Å²) < 4.78 is 40.9. The van der Waals surface area contributed by atoms with Crippen LogP contribution in [-0.2, 0) is 0 Å². The second-order valence-electron chi connectivity index (χ2n) is 5.99. The van der Waals surface area contributed by atoms with Crippen molar-refractivity contribution in [2.24, 2.45) is 16.9 Å². The molecule has 0 bridgehead atoms. The Morgan fingerprint density at radius 2 is 2.00 bits per heavy atom. The third kappa shape index (κ3) is 2.32. The molecule has 0 saturated heterocycles. The van der Waals surface area contributed by atoms with Gasteiger partial charge in [0.15, 0.2) is 0 Å². The molecule has 1 aliphatic carbocycles. The van der Waals surface area contributed by atoms with Gasteiger partial charge < -0.3 is 5.11 Å². The summed E-state index contributed by atoms with van der Waals surface area (Å²) >= 11 is 0. The van der Waals surface area contributed by atoms with Gasteiger partial charge in [0, 0.05) is 23.7 Å². The fraction of sp³-hybridized carbons (Fsp3) is 0.533. The van der Waals surface area contributed by atoms with E-state index in [0.717, 1.165) is 0 Å². The lowest BCUT2D eigenvalue weighted by atomic mass is 9.75. The quantitative estimate of drug-likeness (QED) is 0.862. The lowest BCUT2D eigenvalue weighted by molar-refractivity contribution is -0.312. The molecule has 0 unspecified atom stereocenters. The van der Waals surface area contributed by atoms with Crippen molar-refractivity contribution in [2.75, 3.05) is 0 Å². The number of alkyl halides is 3. The summed E-state index contributed by atoms with van der Waals surface area (Å²) in [4.78, 5) is 16.2. The number of hydrogen-bond donors (Lipinski definition) is 1. The third-order valence-corrected chi connectivity index (χ3v) is 4.55. The van der Waals surface area contributed by atoms with Gasteiger partial charge in [-0.05, 0) is 30.9 Å². The summed E-state index contributed by atoms with van der Waals surface area (Å²) in [5, 5.41) is 14.6. The van der Waals surface area contributed by atoms with Crippen LogP contribution in [0.5, 0.6) is 0 Å². The van der Waals surface area contributed by atoms with E-state index in [4.69, 9.17) is 0 Å². The van der Waals surface area contributed by atoms with Crippen molar-refractivity contribution in [1.82, 2.24) is 9.99 Å². The van der Waals surface area contributed by atoms with Crippen LogP contribution in [-0.4, -0.2) is 38.6 Å². The van der Waals surface area contributed by atoms with Crippen molar-refractivity contribution in [3.63, 3.8) is 0 Å². The van der Waals surface area contributed by atoms with Crippen LogP contribution in [0.2, 0.25) is 0 Å². The molecule has 0 spiro atoms. The fourth-order valence-electron chi connectivity index (χ4n) is 3.32. The van der Waals surface area contributed by atoms with Crippen LogP contribution in [0.4, 0.5) is 13.2 Å². The molecule has 124 valence electrons. The summed E-state index contributed by atoms with van der Waals surface area (Å²) in [5.74, 6) is -2.39. The van der Waals surface area contributed by atoms with E-state index in [1.807, 2.05) is 0 Å². The van der Waals surface area contributed by atoms with Gasteiger partial charge in [-0.1, -0.05) is 13.3 Å². The molecule has 5 nitrogen and oxygen atoms in total. The fourth-order valence-corrected chi connectivity index (χ4v) is 3.32. The van der Waals surface area contributed by atoms with E-state index in [-0.39, 0.29) is 28.6 Å². The third-order valence-electron chi connectivity index (χ3n) is 4.55. The summed E-state index contributed by atoms with van der Waals surface area (Å²) in [6, 6.07) is 2.59. The highest BCUT2D eigenvalue weighted by molar-refractivity contribution is 5.99. The molecule has 2 heterocycles. The largest absolute Gasteiger partial charge is 0.439 e. The molecule has 1 N–H and O–H groups in total. The maximum Gasteiger partial charge on any atom is 0.439 e. The Hall–Kier alpha value is -1.96. The van der Waals surface area contributed by atoms with E-state index in [2.05, 4.69) is 10.1 Å². The number of fused-ring (bicyclic) bond motifs is 1. The molecule has 23 heavy (non-hydrogen) atoms. The van der Waals surface area contributed by atoms with E-state index in [9.17, 15) is 23.1 Å². The molecule has 2 aliphatic rings. The Labute approximate surface area is 130 Å². The first-order valence-corrected chi connectivity index (χ1v) is 7.39. The Morgan fingerprint density at radius 1 is 1.35 bits per heavy atom. The number of aliphatic hydroxyl groups is 1. The predicted octanol–water partition coefficient (Wildman–Crippen LogP) is 2.58. The lowest BCUT2D eigenvalue weighted by Crippen LogP contribution is -2.61. The first kappa shape index (κ1) is 15.9. The highest BCUT2D eigenvalue weighted by Gasteiger charge is 2.69. The van der Waals surface area contributed by atoms with Crippen LogP contribution in [0.3, 0.4) is 0 Å². The summed E-state index contributed by atoms with van der Waals surface area (Å²) in [5.41, 5.74) is -3.05. The van der Waals surface area contributed by atoms with Crippen LogP contribution < -0.4 is 0 Å². The number of carbonyl (C=O) groups is 1. The van der Waals surface area contributed by atoms with E-state index >= 15 is 0 Å². The molecule has 1 aliphatic heterocycles. The van der Waals surface area contributed by atoms with Gasteiger partial charge in [-0.15, -0.1) is 0 Å². The van der Waals surface area contributed by atoms with Gasteiger partial charge in [0.1, 0.15) is 0 Å². The molecule has 1 fully saturated rings. The van der Waals surface area contributed by atoms with Gasteiger partial charge >= 0.3 is 6.18 Å². The first-order valence-electron chi connectivity index (χ1n) is 7.39. The van der Waals surface area contributed by atoms with Gasteiger partial charge in [-0.2, -0.15) is 23.3 Å². The Kier molecular flexibility index (Phi) is 3.66. The predicted molar refractivity (Wildman–Crippen MR) is 75.4 cm³/mol. The van der Waals surface area contributed by atoms with Crippen molar-refractivity contribution in [3.05, 3.63) is 30.1 Å². The molecule has 8 heteroatoms. The average Bonchev–Trinajstić information content (AvgIpc) is 2.83.